The first kappa shape index (κ1) is 20.0. The number of hydrogen-bond acceptors (Lipinski definition) is 3. The first-order valence-electron chi connectivity index (χ1n) is 10.7. The van der Waals surface area contributed by atoms with Crippen molar-refractivity contribution in [2.45, 2.75) is 19.4 Å². The van der Waals surface area contributed by atoms with Crippen molar-refractivity contribution in [3.63, 3.8) is 0 Å². The van der Waals surface area contributed by atoms with Crippen LogP contribution in [0.3, 0.4) is 0 Å². The molecule has 1 unspecified atom stereocenters. The molecule has 0 spiro atoms. The minimum atomic E-state index is -3.23. The number of fused-ring (bicyclic) bond motifs is 1. The van der Waals surface area contributed by atoms with Gasteiger partial charge in [0.25, 0.3) is 0 Å². The molecule has 1 aliphatic rings. The third kappa shape index (κ3) is 4.29. The highest BCUT2D eigenvalue weighted by atomic mass is 32.2. The van der Waals surface area contributed by atoms with E-state index < -0.39 is 10.0 Å². The van der Waals surface area contributed by atoms with Gasteiger partial charge < -0.3 is 4.57 Å². The number of aryl methyl sites for hydroxylation is 1. The summed E-state index contributed by atoms with van der Waals surface area (Å²) >= 11 is 0. The average Bonchev–Trinajstić information content (AvgIpc) is 3.55. The van der Waals surface area contributed by atoms with Crippen molar-refractivity contribution < 1.29 is 8.42 Å². The average molecular weight is 435 g/mol. The Kier molecular flexibility index (Phi) is 5.38. The molecule has 4 aromatic rings. The van der Waals surface area contributed by atoms with Crippen LogP contribution >= 0.6 is 0 Å². The van der Waals surface area contributed by atoms with E-state index in [9.17, 15) is 8.42 Å². The van der Waals surface area contributed by atoms with E-state index in [4.69, 9.17) is 0 Å². The molecule has 1 fully saturated rings. The quantitative estimate of drug-likeness (QED) is 0.479. The van der Waals surface area contributed by atoms with E-state index in [1.165, 1.54) is 10.9 Å². The van der Waals surface area contributed by atoms with E-state index in [2.05, 4.69) is 45.2 Å². The van der Waals surface area contributed by atoms with Crippen molar-refractivity contribution >= 4 is 20.9 Å². The third-order valence-corrected chi connectivity index (χ3v) is 8.03. The van der Waals surface area contributed by atoms with Crippen LogP contribution in [0.4, 0.5) is 0 Å². The molecular formula is C24H26N4O2S. The number of aromatic nitrogens is 3. The number of hydrogen-bond donors (Lipinski definition) is 1. The van der Waals surface area contributed by atoms with Crippen molar-refractivity contribution in [2.24, 2.45) is 5.92 Å². The molecule has 0 aliphatic carbocycles. The number of nitrogens with one attached hydrogen (secondary N) is 1. The summed E-state index contributed by atoms with van der Waals surface area (Å²) in [6, 6.07) is 18.4. The van der Waals surface area contributed by atoms with E-state index in [-0.39, 0.29) is 5.75 Å². The van der Waals surface area contributed by atoms with Crippen LogP contribution in [0, 0.1) is 5.92 Å². The number of sulfonamides is 1. The van der Waals surface area contributed by atoms with Gasteiger partial charge in [-0.1, -0.05) is 36.4 Å². The molecule has 1 N–H and O–H groups in total. The number of H-pyrrole nitrogens is 1. The van der Waals surface area contributed by atoms with Gasteiger partial charge in [0.15, 0.2) is 0 Å². The number of rotatable bonds is 7. The Morgan fingerprint density at radius 2 is 1.94 bits per heavy atom. The van der Waals surface area contributed by atoms with Crippen LogP contribution in [-0.4, -0.2) is 46.3 Å². The summed E-state index contributed by atoms with van der Waals surface area (Å²) in [5, 5.41) is 8.07. The van der Waals surface area contributed by atoms with Gasteiger partial charge in [-0.2, -0.15) is 5.10 Å². The van der Waals surface area contributed by atoms with Crippen LogP contribution in [0.2, 0.25) is 0 Å². The topological polar surface area (TPSA) is 71.0 Å². The van der Waals surface area contributed by atoms with Crippen LogP contribution in [0.25, 0.3) is 22.0 Å². The second-order valence-corrected chi connectivity index (χ2v) is 10.4. The second-order valence-electron chi connectivity index (χ2n) is 8.29. The summed E-state index contributed by atoms with van der Waals surface area (Å²) < 4.78 is 29.6. The van der Waals surface area contributed by atoms with E-state index in [0.29, 0.717) is 25.4 Å². The third-order valence-electron chi connectivity index (χ3n) is 6.19. The molecule has 7 heteroatoms. The van der Waals surface area contributed by atoms with E-state index in [0.717, 1.165) is 29.7 Å². The Bertz CT molecular complexity index is 1260. The largest absolute Gasteiger partial charge is 0.347 e. The molecule has 0 amide bonds. The maximum Gasteiger partial charge on any atom is 0.214 e. The zero-order valence-corrected chi connectivity index (χ0v) is 18.1. The summed E-state index contributed by atoms with van der Waals surface area (Å²) in [7, 11) is -3.23. The van der Waals surface area contributed by atoms with Gasteiger partial charge in [0.1, 0.15) is 0 Å². The Hall–Kier alpha value is -2.90. The molecule has 3 heterocycles. The molecule has 31 heavy (non-hydrogen) atoms. The number of nitrogens with zero attached hydrogens (tertiary/aromatic N) is 3. The molecule has 160 valence electrons. The lowest BCUT2D eigenvalue weighted by Gasteiger charge is -2.17. The Balaban J connectivity index is 1.24. The van der Waals surface area contributed by atoms with Gasteiger partial charge in [-0.15, -0.1) is 0 Å². The Labute approximate surface area is 182 Å². The highest BCUT2D eigenvalue weighted by Crippen LogP contribution is 2.27. The van der Waals surface area contributed by atoms with Crippen molar-refractivity contribution in [2.75, 3.05) is 18.8 Å². The molecule has 1 aliphatic heterocycles. The summed E-state index contributed by atoms with van der Waals surface area (Å²) in [5.74, 6) is 0.503. The van der Waals surface area contributed by atoms with Gasteiger partial charge in [-0.05, 0) is 48.1 Å². The molecular weight excluding hydrogens is 408 g/mol. The highest BCUT2D eigenvalue weighted by Gasteiger charge is 2.31. The fraction of sp³-hybridized carbons (Fsp3) is 0.292. The van der Waals surface area contributed by atoms with E-state index in [1.807, 2.05) is 42.7 Å². The van der Waals surface area contributed by atoms with Crippen LogP contribution < -0.4 is 0 Å². The lowest BCUT2D eigenvalue weighted by atomic mass is 10.1. The summed E-state index contributed by atoms with van der Waals surface area (Å²) in [5.41, 5.74) is 4.45. The van der Waals surface area contributed by atoms with Gasteiger partial charge >= 0.3 is 0 Å². The Morgan fingerprint density at radius 1 is 1.06 bits per heavy atom. The molecule has 5 rings (SSSR count). The summed E-state index contributed by atoms with van der Waals surface area (Å²) in [6.45, 7) is 2.05. The van der Waals surface area contributed by atoms with Gasteiger partial charge in [0.05, 0.1) is 11.9 Å². The number of aromatic amines is 1. The maximum absolute atomic E-state index is 12.8. The molecule has 2 aromatic carbocycles. The molecule has 0 radical (unpaired) electrons. The van der Waals surface area contributed by atoms with Crippen molar-refractivity contribution in [3.8, 4) is 11.1 Å². The fourth-order valence-electron chi connectivity index (χ4n) is 4.45. The number of benzene rings is 2. The van der Waals surface area contributed by atoms with Crippen LogP contribution in [0.1, 0.15) is 12.0 Å². The van der Waals surface area contributed by atoms with E-state index >= 15 is 0 Å². The minimum absolute atomic E-state index is 0.174. The predicted octanol–water partition coefficient (Wildman–Crippen LogP) is 3.93. The van der Waals surface area contributed by atoms with Gasteiger partial charge in [-0.25, -0.2) is 12.7 Å². The van der Waals surface area contributed by atoms with Crippen LogP contribution in [-0.2, 0) is 23.0 Å². The van der Waals surface area contributed by atoms with E-state index in [1.54, 1.807) is 4.31 Å². The van der Waals surface area contributed by atoms with Gasteiger partial charge in [0.2, 0.25) is 10.0 Å². The molecule has 6 nitrogen and oxygen atoms in total. The standard InChI is InChI=1S/C24H26N4O2S/c29-31(30,13-10-19-4-2-1-3-5-19)28-12-8-20(18-28)17-27-11-9-22-14-21(6-7-24(22)27)23-15-25-26-16-23/h1-7,9,11,14-16,20H,8,10,12-13,17-18H2,(H,25,26). The molecule has 0 saturated carbocycles. The van der Waals surface area contributed by atoms with Crippen molar-refractivity contribution in [1.82, 2.24) is 19.1 Å². The minimum Gasteiger partial charge on any atom is -0.347 e. The first-order valence-corrected chi connectivity index (χ1v) is 12.3. The smallest absolute Gasteiger partial charge is 0.214 e. The SMILES string of the molecule is O=S(=O)(CCc1ccccc1)N1CCC(Cn2ccc3cc(-c4cn[nH]c4)ccc32)C1. The van der Waals surface area contributed by atoms with Crippen molar-refractivity contribution in [3.05, 3.63) is 78.8 Å². The lowest BCUT2D eigenvalue weighted by Crippen LogP contribution is -2.32. The fourth-order valence-corrected chi connectivity index (χ4v) is 6.02. The van der Waals surface area contributed by atoms with Crippen LogP contribution in [0.15, 0.2) is 73.2 Å². The van der Waals surface area contributed by atoms with Crippen LogP contribution in [0.5, 0.6) is 0 Å². The normalized spacial score (nSPS) is 17.5. The zero-order chi connectivity index (χ0) is 21.3. The highest BCUT2D eigenvalue weighted by molar-refractivity contribution is 7.89. The lowest BCUT2D eigenvalue weighted by molar-refractivity contribution is 0.433. The summed E-state index contributed by atoms with van der Waals surface area (Å²) in [6.07, 6.45) is 7.28. The zero-order valence-electron chi connectivity index (χ0n) is 17.3. The van der Waals surface area contributed by atoms with Crippen molar-refractivity contribution in [1.29, 1.82) is 0 Å². The Morgan fingerprint density at radius 3 is 2.74 bits per heavy atom. The van der Waals surface area contributed by atoms with Gasteiger partial charge in [-0.3, -0.25) is 5.10 Å². The molecule has 2 aromatic heterocycles. The summed E-state index contributed by atoms with van der Waals surface area (Å²) in [4.78, 5) is 0. The predicted molar refractivity (Wildman–Crippen MR) is 123 cm³/mol. The molecule has 1 saturated heterocycles. The molecule has 0 bridgehead atoms. The second kappa shape index (κ2) is 8.32. The van der Waals surface area contributed by atoms with Gasteiger partial charge in [0, 0.05) is 48.5 Å². The molecule has 1 atom stereocenters. The monoisotopic (exact) mass is 434 g/mol. The first-order chi connectivity index (χ1) is 15.1. The maximum atomic E-state index is 12.8.